The highest BCUT2D eigenvalue weighted by atomic mass is 79.9. The van der Waals surface area contributed by atoms with E-state index in [0.29, 0.717) is 16.9 Å². The minimum Gasteiger partial charge on any atom is -0.398 e. The number of rotatable bonds is 4. The van der Waals surface area contributed by atoms with Crippen molar-refractivity contribution in [2.24, 2.45) is 5.92 Å². The third kappa shape index (κ3) is 3.68. The zero-order valence-electron chi connectivity index (χ0n) is 10.8. The van der Waals surface area contributed by atoms with Crippen molar-refractivity contribution in [3.8, 4) is 0 Å². The van der Waals surface area contributed by atoms with Gasteiger partial charge in [-0.05, 0) is 44.1 Å². The van der Waals surface area contributed by atoms with E-state index in [2.05, 4.69) is 25.6 Å². The maximum Gasteiger partial charge on any atom is 0.242 e. The van der Waals surface area contributed by atoms with Crippen LogP contribution in [0.5, 0.6) is 0 Å². The first-order valence-corrected chi connectivity index (χ1v) is 8.39. The Labute approximate surface area is 122 Å². The second-order valence-corrected chi connectivity index (χ2v) is 7.60. The number of sulfonamides is 1. The highest BCUT2D eigenvalue weighted by Gasteiger charge is 2.23. The van der Waals surface area contributed by atoms with Crippen molar-refractivity contribution in [3.63, 3.8) is 0 Å². The van der Waals surface area contributed by atoms with Gasteiger partial charge in [-0.15, -0.1) is 0 Å². The minimum atomic E-state index is -3.54. The molecule has 1 heterocycles. The third-order valence-corrected chi connectivity index (χ3v) is 5.29. The highest BCUT2D eigenvalue weighted by molar-refractivity contribution is 9.10. The van der Waals surface area contributed by atoms with Crippen molar-refractivity contribution >= 4 is 31.6 Å². The molecule has 1 aromatic carbocycles. The fourth-order valence-corrected chi connectivity index (χ4v) is 4.02. The van der Waals surface area contributed by atoms with E-state index in [1.54, 1.807) is 12.1 Å². The summed E-state index contributed by atoms with van der Waals surface area (Å²) < 4.78 is 27.8. The van der Waals surface area contributed by atoms with Crippen LogP contribution in [0, 0.1) is 5.92 Å². The topological polar surface area (TPSA) is 75.4 Å². The molecule has 1 unspecified atom stereocenters. The standard InChI is InChI=1S/C12H18BrN3O2S/c1-16-5-4-9(8-16)7-15-19(17,18)12-6-10(13)2-3-11(12)14/h2-3,6,9,15H,4-5,7-8,14H2,1H3. The van der Waals surface area contributed by atoms with E-state index < -0.39 is 10.0 Å². The molecule has 1 atom stereocenters. The fourth-order valence-electron chi connectivity index (χ4n) is 2.24. The van der Waals surface area contributed by atoms with Crippen LogP contribution in [0.25, 0.3) is 0 Å². The van der Waals surface area contributed by atoms with E-state index in [-0.39, 0.29) is 10.6 Å². The molecular formula is C12H18BrN3O2S. The van der Waals surface area contributed by atoms with Gasteiger partial charge >= 0.3 is 0 Å². The molecule has 1 aromatic rings. The summed E-state index contributed by atoms with van der Waals surface area (Å²) in [5, 5.41) is 0. The van der Waals surface area contributed by atoms with Crippen molar-refractivity contribution in [1.82, 2.24) is 9.62 Å². The predicted molar refractivity (Wildman–Crippen MR) is 79.3 cm³/mol. The monoisotopic (exact) mass is 347 g/mol. The Kier molecular flexibility index (Phi) is 4.50. The van der Waals surface area contributed by atoms with Crippen LogP contribution in [0.2, 0.25) is 0 Å². The second-order valence-electron chi connectivity index (χ2n) is 4.95. The van der Waals surface area contributed by atoms with E-state index in [4.69, 9.17) is 5.73 Å². The van der Waals surface area contributed by atoms with Gasteiger partial charge in [0.1, 0.15) is 4.90 Å². The molecule has 106 valence electrons. The van der Waals surface area contributed by atoms with Crippen molar-refractivity contribution in [2.45, 2.75) is 11.3 Å². The van der Waals surface area contributed by atoms with Crippen LogP contribution in [0.3, 0.4) is 0 Å². The number of nitrogen functional groups attached to an aromatic ring is 1. The Morgan fingerprint density at radius 3 is 2.89 bits per heavy atom. The van der Waals surface area contributed by atoms with Gasteiger partial charge in [0.2, 0.25) is 10.0 Å². The summed E-state index contributed by atoms with van der Waals surface area (Å²) in [6, 6.07) is 4.83. The first-order valence-electron chi connectivity index (χ1n) is 6.12. The van der Waals surface area contributed by atoms with Gasteiger partial charge in [0, 0.05) is 17.6 Å². The lowest BCUT2D eigenvalue weighted by Gasteiger charge is -2.13. The minimum absolute atomic E-state index is 0.133. The van der Waals surface area contributed by atoms with Crippen LogP contribution in [0.4, 0.5) is 5.69 Å². The first-order chi connectivity index (χ1) is 8.88. The van der Waals surface area contributed by atoms with Crippen LogP contribution in [0.15, 0.2) is 27.6 Å². The van der Waals surface area contributed by atoms with Gasteiger partial charge in [0.15, 0.2) is 0 Å². The van der Waals surface area contributed by atoms with Crippen LogP contribution >= 0.6 is 15.9 Å². The average molecular weight is 348 g/mol. The van der Waals surface area contributed by atoms with Crippen LogP contribution in [-0.2, 0) is 10.0 Å². The lowest BCUT2D eigenvalue weighted by molar-refractivity contribution is 0.394. The van der Waals surface area contributed by atoms with Crippen LogP contribution in [-0.4, -0.2) is 40.0 Å². The second kappa shape index (κ2) is 5.78. The molecule has 0 saturated carbocycles. The van der Waals surface area contributed by atoms with Gasteiger partial charge < -0.3 is 10.6 Å². The smallest absolute Gasteiger partial charge is 0.242 e. The van der Waals surface area contributed by atoms with Gasteiger partial charge in [-0.2, -0.15) is 0 Å². The van der Waals surface area contributed by atoms with Crippen LogP contribution in [0.1, 0.15) is 6.42 Å². The summed E-state index contributed by atoms with van der Waals surface area (Å²) >= 11 is 3.26. The molecule has 0 aromatic heterocycles. The molecule has 3 N–H and O–H groups in total. The number of halogens is 1. The van der Waals surface area contributed by atoms with Gasteiger partial charge in [0.25, 0.3) is 0 Å². The highest BCUT2D eigenvalue weighted by Crippen LogP contribution is 2.23. The summed E-state index contributed by atoms with van der Waals surface area (Å²) in [7, 11) is -1.50. The van der Waals surface area contributed by atoms with E-state index >= 15 is 0 Å². The van der Waals surface area contributed by atoms with Gasteiger partial charge in [-0.25, -0.2) is 13.1 Å². The number of hydrogen-bond donors (Lipinski definition) is 2. The third-order valence-electron chi connectivity index (χ3n) is 3.32. The lowest BCUT2D eigenvalue weighted by atomic mass is 10.1. The quantitative estimate of drug-likeness (QED) is 0.804. The molecule has 0 bridgehead atoms. The van der Waals surface area contributed by atoms with Crippen molar-refractivity contribution in [3.05, 3.63) is 22.7 Å². The summed E-state index contributed by atoms with van der Waals surface area (Å²) in [4.78, 5) is 2.33. The summed E-state index contributed by atoms with van der Waals surface area (Å²) in [6.45, 7) is 2.40. The zero-order valence-corrected chi connectivity index (χ0v) is 13.2. The van der Waals surface area contributed by atoms with E-state index in [0.717, 1.165) is 19.5 Å². The molecule has 1 fully saturated rings. The number of likely N-dealkylation sites (tertiary alicyclic amines) is 1. The normalized spacial score (nSPS) is 20.8. The summed E-state index contributed by atoms with van der Waals surface area (Å²) in [5.74, 6) is 0.369. The molecule has 1 saturated heterocycles. The molecule has 0 spiro atoms. The van der Waals surface area contributed by atoms with Crippen LogP contribution < -0.4 is 10.5 Å². The molecule has 2 rings (SSSR count). The van der Waals surface area contributed by atoms with Gasteiger partial charge in [0.05, 0.1) is 5.69 Å². The fraction of sp³-hybridized carbons (Fsp3) is 0.500. The van der Waals surface area contributed by atoms with Gasteiger partial charge in [-0.3, -0.25) is 0 Å². The summed E-state index contributed by atoms with van der Waals surface area (Å²) in [6.07, 6.45) is 1.02. The first kappa shape index (κ1) is 14.8. The van der Waals surface area contributed by atoms with Crippen molar-refractivity contribution in [2.75, 3.05) is 32.4 Å². The maximum atomic E-state index is 12.2. The Morgan fingerprint density at radius 1 is 1.53 bits per heavy atom. The number of nitrogens with two attached hydrogens (primary N) is 1. The molecule has 1 aliphatic heterocycles. The van der Waals surface area contributed by atoms with E-state index in [1.807, 2.05) is 7.05 Å². The molecular weight excluding hydrogens is 330 g/mol. The lowest BCUT2D eigenvalue weighted by Crippen LogP contribution is -2.31. The zero-order chi connectivity index (χ0) is 14.0. The van der Waals surface area contributed by atoms with E-state index in [9.17, 15) is 8.42 Å². The molecule has 5 nitrogen and oxygen atoms in total. The number of anilines is 1. The number of nitrogens with zero attached hydrogens (tertiary/aromatic N) is 1. The Bertz CT molecular complexity index is 562. The number of hydrogen-bond acceptors (Lipinski definition) is 4. The number of nitrogens with one attached hydrogen (secondary N) is 1. The Balaban J connectivity index is 2.08. The van der Waals surface area contributed by atoms with Crippen molar-refractivity contribution < 1.29 is 8.42 Å². The molecule has 0 amide bonds. The van der Waals surface area contributed by atoms with Crippen molar-refractivity contribution in [1.29, 1.82) is 0 Å². The van der Waals surface area contributed by atoms with E-state index in [1.165, 1.54) is 6.07 Å². The summed E-state index contributed by atoms with van der Waals surface area (Å²) in [5.41, 5.74) is 6.00. The van der Waals surface area contributed by atoms with Gasteiger partial charge in [-0.1, -0.05) is 15.9 Å². The molecule has 19 heavy (non-hydrogen) atoms. The predicted octanol–water partition coefficient (Wildman–Crippen LogP) is 1.26. The largest absolute Gasteiger partial charge is 0.398 e. The molecule has 0 aliphatic carbocycles. The number of benzene rings is 1. The maximum absolute atomic E-state index is 12.2. The SMILES string of the molecule is CN1CCC(CNS(=O)(=O)c2cc(Br)ccc2N)C1. The average Bonchev–Trinajstić information content (AvgIpc) is 2.76. The Morgan fingerprint density at radius 2 is 2.26 bits per heavy atom. The molecule has 0 radical (unpaired) electrons. The molecule has 1 aliphatic rings. The molecule has 7 heteroatoms. The Hall–Kier alpha value is -0.630.